The van der Waals surface area contributed by atoms with Gasteiger partial charge in [0.2, 0.25) is 5.91 Å². The van der Waals surface area contributed by atoms with Gasteiger partial charge in [0.1, 0.15) is 0 Å². The number of aryl methyl sites for hydroxylation is 1. The Morgan fingerprint density at radius 3 is 2.68 bits per heavy atom. The highest BCUT2D eigenvalue weighted by Gasteiger charge is 2.24. The third kappa shape index (κ3) is 5.52. The van der Waals surface area contributed by atoms with Gasteiger partial charge in [-0.25, -0.2) is 4.98 Å². The van der Waals surface area contributed by atoms with Crippen molar-refractivity contribution in [2.24, 2.45) is 5.92 Å². The van der Waals surface area contributed by atoms with Crippen molar-refractivity contribution >= 4 is 56.3 Å². The van der Waals surface area contributed by atoms with E-state index in [1.54, 1.807) is 18.0 Å². The molecule has 4 aromatic rings. The number of aromatic nitrogens is 1. The molecule has 0 bridgehead atoms. The number of nitrogens with zero attached hydrogens (tertiary/aromatic N) is 2. The third-order valence-corrected chi connectivity index (χ3v) is 7.80. The smallest absolute Gasteiger partial charge is 0.257 e. The van der Waals surface area contributed by atoms with Crippen LogP contribution in [-0.4, -0.2) is 47.7 Å². The molecule has 194 valence electrons. The first-order valence-electron chi connectivity index (χ1n) is 12.5. The van der Waals surface area contributed by atoms with Crippen molar-refractivity contribution in [3.8, 4) is 0 Å². The van der Waals surface area contributed by atoms with Gasteiger partial charge in [-0.2, -0.15) is 0 Å². The molecule has 5 rings (SSSR count). The number of carbonyl (C=O) groups excluding carboxylic acids is 3. The number of anilines is 3. The number of rotatable bonds is 7. The molecule has 2 aromatic heterocycles. The van der Waals surface area contributed by atoms with E-state index in [0.29, 0.717) is 42.1 Å². The molecule has 3 amide bonds. The van der Waals surface area contributed by atoms with Crippen LogP contribution in [0.5, 0.6) is 0 Å². The Hall–Kier alpha value is -4.24. The Morgan fingerprint density at radius 2 is 1.87 bits per heavy atom. The maximum absolute atomic E-state index is 13.3. The number of nitrogens with one attached hydrogen (secondary N) is 3. The van der Waals surface area contributed by atoms with Crippen molar-refractivity contribution in [1.29, 1.82) is 0 Å². The molecular formula is C29H29N5O3S. The van der Waals surface area contributed by atoms with E-state index in [4.69, 9.17) is 0 Å². The number of likely N-dealkylation sites (tertiary alicyclic amines) is 1. The van der Waals surface area contributed by atoms with Gasteiger partial charge in [-0.1, -0.05) is 36.4 Å². The molecule has 2 aromatic carbocycles. The second kappa shape index (κ2) is 11.0. The average Bonchev–Trinajstić information content (AvgIpc) is 3.36. The van der Waals surface area contributed by atoms with Crippen LogP contribution in [0.15, 0.2) is 66.2 Å². The summed E-state index contributed by atoms with van der Waals surface area (Å²) >= 11 is 1.51. The summed E-state index contributed by atoms with van der Waals surface area (Å²) in [5, 5.41) is 11.9. The summed E-state index contributed by atoms with van der Waals surface area (Å²) in [6, 6.07) is 17.2. The molecule has 8 nitrogen and oxygen atoms in total. The lowest BCUT2D eigenvalue weighted by molar-refractivity contribution is -0.133. The zero-order valence-corrected chi connectivity index (χ0v) is 22.1. The fourth-order valence-corrected chi connectivity index (χ4v) is 5.43. The molecule has 0 spiro atoms. The van der Waals surface area contributed by atoms with Crippen molar-refractivity contribution in [1.82, 2.24) is 15.2 Å². The lowest BCUT2D eigenvalue weighted by Crippen LogP contribution is -2.40. The number of para-hydroxylation sites is 1. The molecule has 38 heavy (non-hydrogen) atoms. The minimum absolute atomic E-state index is 0.0924. The van der Waals surface area contributed by atoms with Gasteiger partial charge in [0.15, 0.2) is 5.82 Å². The third-order valence-electron chi connectivity index (χ3n) is 6.83. The molecule has 0 saturated carbocycles. The van der Waals surface area contributed by atoms with E-state index in [-0.39, 0.29) is 23.6 Å². The van der Waals surface area contributed by atoms with Crippen LogP contribution in [0, 0.1) is 12.8 Å². The number of amides is 3. The standard InChI is InChI=1S/C29H29N5O3S/c1-18-7-3-5-9-23(18)32-27-24(33-29(37)22-17-38-25-10-6-4-8-21(22)25)14-20(16-30-27)28(36)31-15-19-11-12-34(2)26(35)13-19/h3-10,14,16-17,19H,11-13,15H2,1-2H3,(H,30,32)(H,31,36)(H,33,37). The maximum Gasteiger partial charge on any atom is 0.257 e. The molecule has 1 aliphatic heterocycles. The number of pyridine rings is 1. The SMILES string of the molecule is Cc1ccccc1Nc1ncc(C(=O)NCC2CCN(C)C(=O)C2)cc1NC(=O)c1csc2ccccc12. The quantitative estimate of drug-likeness (QED) is 0.307. The first-order valence-corrected chi connectivity index (χ1v) is 13.4. The molecule has 0 radical (unpaired) electrons. The Bertz CT molecular complexity index is 1520. The molecule has 1 atom stereocenters. The van der Waals surface area contributed by atoms with Gasteiger partial charge < -0.3 is 20.9 Å². The van der Waals surface area contributed by atoms with E-state index in [9.17, 15) is 14.4 Å². The Kier molecular flexibility index (Phi) is 7.37. The van der Waals surface area contributed by atoms with Gasteiger partial charge in [0.05, 0.1) is 16.8 Å². The lowest BCUT2D eigenvalue weighted by atomic mass is 9.96. The molecule has 9 heteroatoms. The van der Waals surface area contributed by atoms with Crippen molar-refractivity contribution in [2.75, 3.05) is 30.8 Å². The van der Waals surface area contributed by atoms with Gasteiger partial charge in [0.25, 0.3) is 11.8 Å². The maximum atomic E-state index is 13.3. The molecule has 1 fully saturated rings. The van der Waals surface area contributed by atoms with E-state index in [0.717, 1.165) is 27.8 Å². The van der Waals surface area contributed by atoms with E-state index in [2.05, 4.69) is 20.9 Å². The van der Waals surface area contributed by atoms with Gasteiger partial charge >= 0.3 is 0 Å². The van der Waals surface area contributed by atoms with Gasteiger partial charge in [-0.15, -0.1) is 11.3 Å². The van der Waals surface area contributed by atoms with E-state index < -0.39 is 0 Å². The Labute approximate surface area is 225 Å². The summed E-state index contributed by atoms with van der Waals surface area (Å²) < 4.78 is 1.02. The summed E-state index contributed by atoms with van der Waals surface area (Å²) in [7, 11) is 1.80. The van der Waals surface area contributed by atoms with Crippen LogP contribution in [0.4, 0.5) is 17.2 Å². The zero-order chi connectivity index (χ0) is 26.6. The van der Waals surface area contributed by atoms with Crippen LogP contribution in [0.2, 0.25) is 0 Å². The number of benzene rings is 2. The Balaban J connectivity index is 1.39. The number of hydrogen-bond donors (Lipinski definition) is 3. The van der Waals surface area contributed by atoms with Crippen molar-refractivity contribution in [3.63, 3.8) is 0 Å². The van der Waals surface area contributed by atoms with Crippen LogP contribution in [0.1, 0.15) is 39.1 Å². The second-order valence-corrected chi connectivity index (χ2v) is 10.5. The fourth-order valence-electron chi connectivity index (χ4n) is 4.49. The highest BCUT2D eigenvalue weighted by atomic mass is 32.1. The number of carbonyl (C=O) groups is 3. The van der Waals surface area contributed by atoms with E-state index in [1.165, 1.54) is 17.5 Å². The zero-order valence-electron chi connectivity index (χ0n) is 21.3. The van der Waals surface area contributed by atoms with Gasteiger partial charge in [0, 0.05) is 53.9 Å². The summed E-state index contributed by atoms with van der Waals surface area (Å²) in [4.78, 5) is 44.6. The summed E-state index contributed by atoms with van der Waals surface area (Å²) in [6.45, 7) is 3.07. The molecule has 1 saturated heterocycles. The van der Waals surface area contributed by atoms with Crippen LogP contribution in [0.3, 0.4) is 0 Å². The predicted molar refractivity (Wildman–Crippen MR) is 151 cm³/mol. The molecular weight excluding hydrogens is 498 g/mol. The Morgan fingerprint density at radius 1 is 1.08 bits per heavy atom. The first kappa shape index (κ1) is 25.4. The largest absolute Gasteiger partial charge is 0.352 e. The molecule has 0 aliphatic carbocycles. The van der Waals surface area contributed by atoms with Crippen LogP contribution in [-0.2, 0) is 4.79 Å². The average molecular weight is 528 g/mol. The number of fused-ring (bicyclic) bond motifs is 1. The summed E-state index contributed by atoms with van der Waals surface area (Å²) in [5.74, 6) is 0.0466. The molecule has 1 aliphatic rings. The van der Waals surface area contributed by atoms with Crippen molar-refractivity contribution < 1.29 is 14.4 Å². The fraction of sp³-hybridized carbons (Fsp3) is 0.241. The topological polar surface area (TPSA) is 103 Å². The second-order valence-electron chi connectivity index (χ2n) is 9.54. The number of hydrogen-bond acceptors (Lipinski definition) is 6. The summed E-state index contributed by atoms with van der Waals surface area (Å²) in [6.07, 6.45) is 2.76. The van der Waals surface area contributed by atoms with Gasteiger partial charge in [-0.3, -0.25) is 14.4 Å². The highest BCUT2D eigenvalue weighted by Crippen LogP contribution is 2.30. The monoisotopic (exact) mass is 527 g/mol. The number of piperidine rings is 1. The van der Waals surface area contributed by atoms with Gasteiger partial charge in [-0.05, 0) is 43.0 Å². The van der Waals surface area contributed by atoms with Crippen LogP contribution < -0.4 is 16.0 Å². The van der Waals surface area contributed by atoms with Crippen molar-refractivity contribution in [3.05, 3.63) is 82.9 Å². The first-order chi connectivity index (χ1) is 18.4. The van der Waals surface area contributed by atoms with E-state index in [1.807, 2.05) is 60.8 Å². The van der Waals surface area contributed by atoms with Crippen LogP contribution >= 0.6 is 11.3 Å². The minimum Gasteiger partial charge on any atom is -0.352 e. The lowest BCUT2D eigenvalue weighted by Gasteiger charge is -2.28. The molecule has 1 unspecified atom stereocenters. The molecule has 3 heterocycles. The van der Waals surface area contributed by atoms with Crippen LogP contribution in [0.25, 0.3) is 10.1 Å². The number of thiophene rings is 1. The normalized spacial score (nSPS) is 15.4. The van der Waals surface area contributed by atoms with E-state index >= 15 is 0 Å². The summed E-state index contributed by atoms with van der Waals surface area (Å²) in [5.41, 5.74) is 3.15. The molecule has 3 N–H and O–H groups in total. The highest BCUT2D eigenvalue weighted by molar-refractivity contribution is 7.17. The predicted octanol–water partition coefficient (Wildman–Crippen LogP) is 5.20. The minimum atomic E-state index is -0.303. The van der Waals surface area contributed by atoms with Crippen molar-refractivity contribution in [2.45, 2.75) is 19.8 Å².